The Morgan fingerprint density at radius 1 is 1.24 bits per heavy atom. The highest BCUT2D eigenvalue weighted by atomic mass is 35.5. The number of hydrogen-bond donors (Lipinski definition) is 1. The number of hydrogen-bond acceptors (Lipinski definition) is 5. The van der Waals surface area contributed by atoms with Crippen LogP contribution in [-0.4, -0.2) is 44.3 Å². The smallest absolute Gasteiger partial charge is 0.289 e. The Hall–Kier alpha value is -1.22. The molecule has 1 heterocycles. The molecule has 25 heavy (non-hydrogen) atoms. The van der Waals surface area contributed by atoms with Crippen LogP contribution in [0.25, 0.3) is 0 Å². The minimum absolute atomic E-state index is 0. The molecule has 9 heteroatoms. The first-order chi connectivity index (χ1) is 11.3. The first-order valence-electron chi connectivity index (χ1n) is 8.17. The van der Waals surface area contributed by atoms with Crippen LogP contribution in [0.2, 0.25) is 0 Å². The zero-order valence-corrected chi connectivity index (χ0v) is 16.5. The molecular formula is C16H26ClN3O4S. The molecule has 1 aliphatic rings. The number of sulfonamides is 1. The van der Waals surface area contributed by atoms with E-state index in [2.05, 4.69) is 5.32 Å². The molecule has 142 valence electrons. The van der Waals surface area contributed by atoms with Crippen molar-refractivity contribution < 1.29 is 13.3 Å². The lowest BCUT2D eigenvalue weighted by Crippen LogP contribution is -2.39. The second-order valence-corrected chi connectivity index (χ2v) is 8.31. The first kappa shape index (κ1) is 21.8. The molecular weight excluding hydrogens is 366 g/mol. The fourth-order valence-corrected chi connectivity index (χ4v) is 4.74. The standard InChI is InChI=1S/C16H25N3O4S.ClH/c1-12-10-15(19(20)21)16(11-13(12)2)24(22,23)18-8-5-14(6-9-18)4-7-17-3;/h10-11,14,17H,4-9H2,1-3H3;1H. The Bertz CT molecular complexity index is 716. The number of aryl methyl sites for hydroxylation is 2. The maximum Gasteiger partial charge on any atom is 0.289 e. The van der Waals surface area contributed by atoms with Crippen LogP contribution in [0.4, 0.5) is 5.69 Å². The van der Waals surface area contributed by atoms with Crippen molar-refractivity contribution in [2.45, 2.75) is 38.0 Å². The van der Waals surface area contributed by atoms with Crippen LogP contribution in [0.3, 0.4) is 0 Å². The van der Waals surface area contributed by atoms with Gasteiger partial charge in [-0.2, -0.15) is 4.31 Å². The second kappa shape index (κ2) is 8.93. The van der Waals surface area contributed by atoms with E-state index in [0.29, 0.717) is 24.6 Å². The van der Waals surface area contributed by atoms with Crippen LogP contribution >= 0.6 is 12.4 Å². The third-order valence-corrected chi connectivity index (χ3v) is 6.69. The Morgan fingerprint density at radius 3 is 2.32 bits per heavy atom. The quantitative estimate of drug-likeness (QED) is 0.594. The fraction of sp³-hybridized carbons (Fsp3) is 0.625. The maximum absolute atomic E-state index is 12.9. The van der Waals surface area contributed by atoms with Crippen molar-refractivity contribution in [3.8, 4) is 0 Å². The summed E-state index contributed by atoms with van der Waals surface area (Å²) in [5.74, 6) is 0.499. The van der Waals surface area contributed by atoms with Crippen molar-refractivity contribution >= 4 is 28.1 Å². The number of benzene rings is 1. The van der Waals surface area contributed by atoms with E-state index in [1.54, 1.807) is 13.8 Å². The summed E-state index contributed by atoms with van der Waals surface area (Å²) in [4.78, 5) is 10.5. The molecule has 0 aliphatic carbocycles. The zero-order chi connectivity index (χ0) is 17.9. The van der Waals surface area contributed by atoms with Gasteiger partial charge in [-0.05, 0) is 69.8 Å². The molecule has 0 radical (unpaired) electrons. The minimum atomic E-state index is -3.84. The van der Waals surface area contributed by atoms with Gasteiger partial charge in [0.15, 0.2) is 4.90 Å². The highest BCUT2D eigenvalue weighted by Gasteiger charge is 2.34. The number of nitrogens with one attached hydrogen (secondary N) is 1. The number of nitro groups is 1. The Morgan fingerprint density at radius 2 is 1.80 bits per heavy atom. The van der Waals surface area contributed by atoms with Crippen LogP contribution < -0.4 is 5.32 Å². The molecule has 1 N–H and O–H groups in total. The lowest BCUT2D eigenvalue weighted by Gasteiger charge is -2.31. The number of rotatable bonds is 6. The van der Waals surface area contributed by atoms with Gasteiger partial charge in [0.2, 0.25) is 10.0 Å². The van der Waals surface area contributed by atoms with Gasteiger partial charge in [-0.1, -0.05) is 0 Å². The highest BCUT2D eigenvalue weighted by Crippen LogP contribution is 2.32. The second-order valence-electron chi connectivity index (χ2n) is 6.40. The number of nitro benzene ring substituents is 1. The molecule has 0 aromatic heterocycles. The molecule has 2 rings (SSSR count). The minimum Gasteiger partial charge on any atom is -0.320 e. The lowest BCUT2D eigenvalue weighted by molar-refractivity contribution is -0.387. The fourth-order valence-electron chi connectivity index (χ4n) is 3.05. The van der Waals surface area contributed by atoms with Gasteiger partial charge in [0.25, 0.3) is 5.69 Å². The summed E-state index contributed by atoms with van der Waals surface area (Å²) in [5, 5.41) is 14.4. The van der Waals surface area contributed by atoms with E-state index in [4.69, 9.17) is 0 Å². The van der Waals surface area contributed by atoms with Gasteiger partial charge in [0.1, 0.15) is 0 Å². The van der Waals surface area contributed by atoms with Crippen molar-refractivity contribution in [3.63, 3.8) is 0 Å². The van der Waals surface area contributed by atoms with Gasteiger partial charge in [-0.3, -0.25) is 10.1 Å². The predicted octanol–water partition coefficient (Wildman–Crippen LogP) is 2.64. The van der Waals surface area contributed by atoms with Crippen molar-refractivity contribution in [2.24, 2.45) is 5.92 Å². The summed E-state index contributed by atoms with van der Waals surface area (Å²) in [5.41, 5.74) is 1.12. The molecule has 1 aromatic carbocycles. The van der Waals surface area contributed by atoms with Gasteiger partial charge in [0, 0.05) is 19.2 Å². The molecule has 0 saturated carbocycles. The molecule has 1 fully saturated rings. The van der Waals surface area contributed by atoms with Crippen molar-refractivity contribution in [2.75, 3.05) is 26.7 Å². The van der Waals surface area contributed by atoms with Gasteiger partial charge >= 0.3 is 0 Å². The van der Waals surface area contributed by atoms with E-state index < -0.39 is 14.9 Å². The summed E-state index contributed by atoms with van der Waals surface area (Å²) in [6, 6.07) is 2.78. The van der Waals surface area contributed by atoms with Crippen LogP contribution in [0.1, 0.15) is 30.4 Å². The molecule has 7 nitrogen and oxygen atoms in total. The molecule has 1 aliphatic heterocycles. The maximum atomic E-state index is 12.9. The molecule has 0 spiro atoms. The molecule has 1 aromatic rings. The monoisotopic (exact) mass is 391 g/mol. The van der Waals surface area contributed by atoms with Gasteiger partial charge in [-0.15, -0.1) is 12.4 Å². The zero-order valence-electron chi connectivity index (χ0n) is 14.8. The molecule has 0 bridgehead atoms. The number of halogens is 1. The van der Waals surface area contributed by atoms with Crippen LogP contribution in [0.15, 0.2) is 17.0 Å². The van der Waals surface area contributed by atoms with E-state index in [1.807, 2.05) is 7.05 Å². The van der Waals surface area contributed by atoms with Crippen molar-refractivity contribution in [1.29, 1.82) is 0 Å². The summed E-state index contributed by atoms with van der Waals surface area (Å²) < 4.78 is 27.2. The van der Waals surface area contributed by atoms with Crippen LogP contribution in [0, 0.1) is 29.9 Å². The van der Waals surface area contributed by atoms with Crippen molar-refractivity contribution in [3.05, 3.63) is 33.4 Å². The summed E-state index contributed by atoms with van der Waals surface area (Å²) in [6.45, 7) is 5.26. The summed E-state index contributed by atoms with van der Waals surface area (Å²) in [7, 11) is -1.94. The Labute approximate surface area is 155 Å². The first-order valence-corrected chi connectivity index (χ1v) is 9.61. The van der Waals surface area contributed by atoms with Crippen LogP contribution in [0.5, 0.6) is 0 Å². The topological polar surface area (TPSA) is 92.6 Å². The average Bonchev–Trinajstić information content (AvgIpc) is 2.55. The third-order valence-electron chi connectivity index (χ3n) is 4.77. The van der Waals surface area contributed by atoms with Crippen LogP contribution in [-0.2, 0) is 10.0 Å². The number of piperidine rings is 1. The van der Waals surface area contributed by atoms with E-state index in [1.165, 1.54) is 16.4 Å². The Balaban J connectivity index is 0.00000312. The number of nitrogens with zero attached hydrogens (tertiary/aromatic N) is 2. The van der Waals surface area contributed by atoms with E-state index in [9.17, 15) is 18.5 Å². The van der Waals surface area contributed by atoms with Gasteiger partial charge in [0.05, 0.1) is 4.92 Å². The van der Waals surface area contributed by atoms with E-state index >= 15 is 0 Å². The molecule has 1 saturated heterocycles. The Kier molecular flexibility index (Phi) is 7.80. The van der Waals surface area contributed by atoms with Gasteiger partial charge in [-0.25, -0.2) is 8.42 Å². The van der Waals surface area contributed by atoms with Gasteiger partial charge < -0.3 is 5.32 Å². The van der Waals surface area contributed by atoms with E-state index in [-0.39, 0.29) is 23.0 Å². The largest absolute Gasteiger partial charge is 0.320 e. The summed E-state index contributed by atoms with van der Waals surface area (Å²) in [6.07, 6.45) is 2.60. The molecule has 0 unspecified atom stereocenters. The van der Waals surface area contributed by atoms with Crippen molar-refractivity contribution in [1.82, 2.24) is 9.62 Å². The third kappa shape index (κ3) is 4.91. The lowest BCUT2D eigenvalue weighted by atomic mass is 9.95. The predicted molar refractivity (Wildman–Crippen MR) is 99.8 cm³/mol. The summed E-state index contributed by atoms with van der Waals surface area (Å²) >= 11 is 0. The van der Waals surface area contributed by atoms with E-state index in [0.717, 1.165) is 31.4 Å². The highest BCUT2D eigenvalue weighted by molar-refractivity contribution is 7.89. The average molecular weight is 392 g/mol. The SMILES string of the molecule is CNCCC1CCN(S(=O)(=O)c2cc(C)c(C)cc2[N+](=O)[O-])CC1.Cl. The molecule has 0 atom stereocenters. The molecule has 0 amide bonds. The normalized spacial score (nSPS) is 16.4.